The minimum atomic E-state index is -4.49. The lowest BCUT2D eigenvalue weighted by molar-refractivity contribution is -0.140. The van der Waals surface area contributed by atoms with Gasteiger partial charge in [0.05, 0.1) is 23.0 Å². The van der Waals surface area contributed by atoms with Crippen LogP contribution in [0.4, 0.5) is 18.0 Å². The van der Waals surface area contributed by atoms with Crippen LogP contribution in [0, 0.1) is 11.3 Å². The number of hydrogen-bond acceptors (Lipinski definition) is 5. The number of alkyl halides is 3. The van der Waals surface area contributed by atoms with Crippen LogP contribution in [0.2, 0.25) is 0 Å². The zero-order valence-corrected chi connectivity index (χ0v) is 18.4. The van der Waals surface area contributed by atoms with E-state index in [1.807, 2.05) is 4.90 Å². The van der Waals surface area contributed by atoms with Gasteiger partial charge in [-0.25, -0.2) is 4.79 Å². The molecule has 3 amide bonds. The number of carbonyl (C=O) groups is 2. The molecule has 6 rings (SSSR count). The normalized spacial score (nSPS) is 26.7. The van der Waals surface area contributed by atoms with Crippen molar-refractivity contribution in [2.45, 2.75) is 44.0 Å². The minimum absolute atomic E-state index is 0.0125. The monoisotopic (exact) mass is 478 g/mol. The lowest BCUT2D eigenvalue weighted by atomic mass is 9.57. The number of H-pyrrole nitrogens is 1. The van der Waals surface area contributed by atoms with E-state index in [-0.39, 0.29) is 47.0 Å². The fourth-order valence-electron chi connectivity index (χ4n) is 6.11. The van der Waals surface area contributed by atoms with E-state index in [0.717, 1.165) is 38.0 Å². The van der Waals surface area contributed by atoms with Gasteiger partial charge in [0.2, 0.25) is 5.91 Å². The molecule has 1 aliphatic carbocycles. The zero-order valence-electron chi connectivity index (χ0n) is 18.4. The lowest BCUT2D eigenvalue weighted by Crippen LogP contribution is -2.68. The lowest BCUT2D eigenvalue weighted by Gasteiger charge is -2.60. The fraction of sp³-hybridized carbons (Fsp3) is 0.636. The molecule has 2 atom stereocenters. The molecule has 3 aliphatic heterocycles. The van der Waals surface area contributed by atoms with Crippen LogP contribution in [0.3, 0.4) is 0 Å². The van der Waals surface area contributed by atoms with Crippen molar-refractivity contribution < 1.29 is 27.5 Å². The van der Waals surface area contributed by atoms with Crippen molar-refractivity contribution in [3.8, 4) is 0 Å². The second-order valence-corrected chi connectivity index (χ2v) is 10.2. The molecule has 182 valence electrons. The Labute approximate surface area is 193 Å². The van der Waals surface area contributed by atoms with E-state index in [1.54, 1.807) is 11.0 Å². The van der Waals surface area contributed by atoms with Gasteiger partial charge in [0, 0.05) is 43.5 Å². The molecule has 34 heavy (non-hydrogen) atoms. The third-order valence-electron chi connectivity index (χ3n) is 7.64. The number of pyridine rings is 1. The van der Waals surface area contributed by atoms with Gasteiger partial charge in [-0.2, -0.15) is 18.3 Å². The highest BCUT2D eigenvalue weighted by atomic mass is 19.4. The van der Waals surface area contributed by atoms with Gasteiger partial charge in [-0.1, -0.05) is 0 Å². The molecule has 1 spiro atoms. The quantitative estimate of drug-likeness (QED) is 0.687. The third-order valence-corrected chi connectivity index (χ3v) is 7.64. The first-order chi connectivity index (χ1) is 16.2. The van der Waals surface area contributed by atoms with Gasteiger partial charge in [0.1, 0.15) is 12.3 Å². The molecule has 2 aromatic heterocycles. The first kappa shape index (κ1) is 21.6. The summed E-state index contributed by atoms with van der Waals surface area (Å²) in [5.74, 6) is 0.259. The summed E-state index contributed by atoms with van der Waals surface area (Å²) in [6, 6.07) is 1.49. The summed E-state index contributed by atoms with van der Waals surface area (Å²) in [5, 5.41) is 8.77. The number of ether oxygens (including phenoxy) is 1. The molecule has 3 saturated heterocycles. The van der Waals surface area contributed by atoms with Gasteiger partial charge in [0.25, 0.3) is 0 Å². The highest BCUT2D eigenvalue weighted by Gasteiger charge is 2.54. The van der Waals surface area contributed by atoms with E-state index in [4.69, 9.17) is 4.74 Å². The van der Waals surface area contributed by atoms with Gasteiger partial charge >= 0.3 is 12.2 Å². The number of nitrogens with zero attached hydrogens (tertiary/aromatic N) is 4. The molecule has 2 aromatic rings. The molecule has 0 radical (unpaired) electrons. The summed E-state index contributed by atoms with van der Waals surface area (Å²) in [7, 11) is 0. The van der Waals surface area contributed by atoms with Crippen LogP contribution in [0.1, 0.15) is 30.7 Å². The molecule has 12 heteroatoms. The number of likely N-dealkylation sites (tertiary alicyclic amines) is 2. The number of piperidine rings is 1. The average Bonchev–Trinajstić information content (AvgIpc) is 3.17. The number of carbonyl (C=O) groups excluding carboxylic acids is 2. The maximum atomic E-state index is 13.0. The van der Waals surface area contributed by atoms with Crippen molar-refractivity contribution in [3.05, 3.63) is 23.7 Å². The van der Waals surface area contributed by atoms with Gasteiger partial charge in [-0.05, 0) is 37.7 Å². The van der Waals surface area contributed by atoms with Crippen molar-refractivity contribution >= 4 is 22.8 Å². The molecular formula is C22H25F3N6O3. The first-order valence-corrected chi connectivity index (χ1v) is 11.5. The summed E-state index contributed by atoms with van der Waals surface area (Å²) < 4.78 is 44.6. The number of rotatable bonds is 2. The number of halogens is 3. The van der Waals surface area contributed by atoms with Crippen LogP contribution >= 0.6 is 0 Å². The summed E-state index contributed by atoms with van der Waals surface area (Å²) in [6.45, 7) is 2.62. The Morgan fingerprint density at radius 1 is 1.26 bits per heavy atom. The molecule has 4 aliphatic rings. The molecule has 9 nitrogen and oxygen atoms in total. The molecular weight excluding hydrogens is 453 g/mol. The zero-order chi connectivity index (χ0) is 23.7. The number of aromatic amines is 1. The number of urea groups is 1. The number of amides is 3. The largest absolute Gasteiger partial charge is 0.433 e. The standard InChI is InChI=1S/C22H25F3N6O3/c23-22(24,25)19-14-7-26-13(4-15(14)28-29-19)3-12-5-21(6-12)10-31(11-21)20(33)30-2-1-17-16(8-30)27-18(32)9-34-17/h4,7,12,16-17H,1-3,5-6,8-11H2,(H,27,32)(H,28,29)/t16-,17+/m1/s1. The topological polar surface area (TPSA) is 103 Å². The Hall–Kier alpha value is -2.89. The van der Waals surface area contributed by atoms with Gasteiger partial charge in [0.15, 0.2) is 0 Å². The maximum absolute atomic E-state index is 13.0. The highest BCUT2D eigenvalue weighted by molar-refractivity contribution is 5.81. The van der Waals surface area contributed by atoms with Crippen LogP contribution in [0.15, 0.2) is 12.3 Å². The van der Waals surface area contributed by atoms with E-state index >= 15 is 0 Å². The van der Waals surface area contributed by atoms with Crippen molar-refractivity contribution in [2.75, 3.05) is 32.8 Å². The summed E-state index contributed by atoms with van der Waals surface area (Å²) >= 11 is 0. The van der Waals surface area contributed by atoms with Crippen LogP contribution in [-0.4, -0.2) is 81.9 Å². The van der Waals surface area contributed by atoms with Gasteiger partial charge in [-0.15, -0.1) is 0 Å². The predicted octanol–water partition coefficient (Wildman–Crippen LogP) is 1.94. The fourth-order valence-corrected chi connectivity index (χ4v) is 6.11. The number of fused-ring (bicyclic) bond motifs is 2. The molecule has 0 aromatic carbocycles. The van der Waals surface area contributed by atoms with Crippen LogP contribution in [-0.2, 0) is 22.1 Å². The van der Waals surface area contributed by atoms with E-state index < -0.39 is 11.9 Å². The second-order valence-electron chi connectivity index (χ2n) is 10.2. The van der Waals surface area contributed by atoms with E-state index in [1.165, 1.54) is 6.20 Å². The molecule has 0 unspecified atom stereocenters. The number of aromatic nitrogens is 3. The third kappa shape index (κ3) is 3.68. The Balaban J connectivity index is 1.00. The Morgan fingerprint density at radius 2 is 2.06 bits per heavy atom. The van der Waals surface area contributed by atoms with E-state index in [2.05, 4.69) is 20.5 Å². The average molecular weight is 478 g/mol. The highest BCUT2D eigenvalue weighted by Crippen LogP contribution is 2.53. The maximum Gasteiger partial charge on any atom is 0.433 e. The Morgan fingerprint density at radius 3 is 2.82 bits per heavy atom. The first-order valence-electron chi connectivity index (χ1n) is 11.5. The van der Waals surface area contributed by atoms with Crippen LogP contribution < -0.4 is 5.32 Å². The number of hydrogen-bond donors (Lipinski definition) is 2. The van der Waals surface area contributed by atoms with Crippen molar-refractivity contribution in [3.63, 3.8) is 0 Å². The number of nitrogens with one attached hydrogen (secondary N) is 2. The van der Waals surface area contributed by atoms with Gasteiger partial charge in [-0.3, -0.25) is 14.9 Å². The summed E-state index contributed by atoms with van der Waals surface area (Å²) in [4.78, 5) is 32.4. The van der Waals surface area contributed by atoms with Crippen LogP contribution in [0.25, 0.3) is 10.9 Å². The van der Waals surface area contributed by atoms with E-state index in [0.29, 0.717) is 25.4 Å². The summed E-state index contributed by atoms with van der Waals surface area (Å²) in [5.41, 5.74) is 0.279. The molecule has 0 bridgehead atoms. The number of morpholine rings is 1. The molecule has 1 saturated carbocycles. The predicted molar refractivity (Wildman–Crippen MR) is 113 cm³/mol. The van der Waals surface area contributed by atoms with E-state index in [9.17, 15) is 22.8 Å². The Kier molecular flexibility index (Phi) is 4.81. The Bertz CT molecular complexity index is 1140. The molecule has 2 N–H and O–H groups in total. The van der Waals surface area contributed by atoms with Gasteiger partial charge < -0.3 is 19.9 Å². The van der Waals surface area contributed by atoms with Crippen LogP contribution in [0.5, 0.6) is 0 Å². The summed E-state index contributed by atoms with van der Waals surface area (Å²) in [6.07, 6.45) is 0.0903. The second kappa shape index (κ2) is 7.56. The van der Waals surface area contributed by atoms with Crippen molar-refractivity contribution in [1.82, 2.24) is 30.3 Å². The van der Waals surface area contributed by atoms with Crippen molar-refractivity contribution in [1.29, 1.82) is 0 Å². The molecule has 5 heterocycles. The minimum Gasteiger partial charge on any atom is -0.366 e. The smallest absolute Gasteiger partial charge is 0.366 e. The van der Waals surface area contributed by atoms with Crippen molar-refractivity contribution in [2.24, 2.45) is 11.3 Å². The SMILES string of the molecule is O=C1CO[C@H]2CCN(C(=O)N3CC4(CC(Cc5cc6n[nH]c(C(F)(F)F)c6cn5)C4)C3)C[C@H]2N1. The molecule has 4 fully saturated rings.